The maximum atomic E-state index is 12.4. The summed E-state index contributed by atoms with van der Waals surface area (Å²) < 4.78 is 6.56. The Balaban J connectivity index is 0.000000553. The van der Waals surface area contributed by atoms with Gasteiger partial charge in [0.25, 0.3) is 0 Å². The molecule has 1 saturated heterocycles. The van der Waals surface area contributed by atoms with Gasteiger partial charge in [-0.2, -0.15) is 0 Å². The second kappa shape index (κ2) is 13.2. The second-order valence-corrected chi connectivity index (χ2v) is 12.1. The normalized spacial score (nSPS) is 46.5. The van der Waals surface area contributed by atoms with Crippen molar-refractivity contribution in [1.29, 1.82) is 5.41 Å². The quantitative estimate of drug-likeness (QED) is 0.295. The predicted molar refractivity (Wildman–Crippen MR) is 159 cm³/mol. The number of carbonyl (C=O) groups excluding carboxylic acids is 1. The van der Waals surface area contributed by atoms with Gasteiger partial charge in [0.1, 0.15) is 5.78 Å². The summed E-state index contributed by atoms with van der Waals surface area (Å²) in [4.78, 5) is 12.4. The number of Topliss-reactive ketones (excluding diaryl/α,β-unsaturated/α-hetero) is 1. The molecule has 1 N–H and O–H groups in total. The summed E-state index contributed by atoms with van der Waals surface area (Å²) in [7, 11) is 0. The van der Waals surface area contributed by atoms with Crippen molar-refractivity contribution in [3.63, 3.8) is 0 Å². The minimum Gasteiger partial charge on any atom is -0.371 e. The highest BCUT2D eigenvalue weighted by Gasteiger charge is 2.79. The van der Waals surface area contributed by atoms with Crippen LogP contribution in [0.1, 0.15) is 119 Å². The summed E-state index contributed by atoms with van der Waals surface area (Å²) >= 11 is 0. The molecule has 0 bridgehead atoms. The van der Waals surface area contributed by atoms with Crippen LogP contribution < -0.4 is 0 Å². The number of nitrogens with one attached hydrogen (secondary N) is 1. The molecule has 212 valence electrons. The van der Waals surface area contributed by atoms with Crippen molar-refractivity contribution in [3.8, 4) is 0 Å². The maximum absolute atomic E-state index is 12.4. The molecule has 2 spiro atoms. The van der Waals surface area contributed by atoms with E-state index >= 15 is 0 Å². The summed E-state index contributed by atoms with van der Waals surface area (Å²) in [5, 5.41) is 5.50. The third kappa shape index (κ3) is 4.96. The summed E-state index contributed by atoms with van der Waals surface area (Å²) in [6.07, 6.45) is 19.8. The fraction of sp³-hybridized carbons (Fsp3) is 0.824. The van der Waals surface area contributed by atoms with Crippen LogP contribution in [0.5, 0.6) is 0 Å². The van der Waals surface area contributed by atoms with Crippen molar-refractivity contribution in [2.75, 3.05) is 0 Å². The van der Waals surface area contributed by atoms with Crippen LogP contribution in [0.3, 0.4) is 0 Å². The average Bonchev–Trinajstić information content (AvgIpc) is 3.18. The topological polar surface area (TPSA) is 50.2 Å². The van der Waals surface area contributed by atoms with Gasteiger partial charge in [-0.3, -0.25) is 4.79 Å². The summed E-state index contributed by atoms with van der Waals surface area (Å²) in [6, 6.07) is 0. The molecule has 6 rings (SSSR count). The molecule has 6 fully saturated rings. The van der Waals surface area contributed by atoms with E-state index < -0.39 is 0 Å². The molecular weight excluding hydrogens is 454 g/mol. The molecule has 0 amide bonds. The first-order valence-electron chi connectivity index (χ1n) is 15.6. The number of rotatable bonds is 2. The number of ketones is 1. The van der Waals surface area contributed by atoms with Crippen molar-refractivity contribution in [2.24, 2.45) is 45.8 Å². The summed E-state index contributed by atoms with van der Waals surface area (Å²) in [6.45, 7) is 23.5. The Morgan fingerprint density at radius 3 is 2.05 bits per heavy atom. The number of hydrogen-bond acceptors (Lipinski definition) is 3. The minimum absolute atomic E-state index is 0.337. The van der Waals surface area contributed by atoms with E-state index in [2.05, 4.69) is 52.8 Å². The molecule has 5 saturated carbocycles. The van der Waals surface area contributed by atoms with Gasteiger partial charge < -0.3 is 10.1 Å². The lowest BCUT2D eigenvalue weighted by Gasteiger charge is -2.56. The average molecular weight is 514 g/mol. The molecule has 3 nitrogen and oxygen atoms in total. The van der Waals surface area contributed by atoms with Crippen molar-refractivity contribution in [1.82, 2.24) is 0 Å². The summed E-state index contributed by atoms with van der Waals surface area (Å²) in [5.41, 5.74) is 1.68. The predicted octanol–water partition coefficient (Wildman–Crippen LogP) is 9.46. The highest BCUT2D eigenvalue weighted by Crippen LogP contribution is 2.85. The molecule has 5 aliphatic carbocycles. The molecule has 6 aliphatic rings. The maximum Gasteiger partial charge on any atom is 0.136 e. The fourth-order valence-electron chi connectivity index (χ4n) is 10.4. The van der Waals surface area contributed by atoms with E-state index in [4.69, 9.17) is 10.1 Å². The lowest BCUT2D eigenvalue weighted by molar-refractivity contribution is -0.135. The largest absolute Gasteiger partial charge is 0.371 e. The van der Waals surface area contributed by atoms with Crippen LogP contribution in [-0.4, -0.2) is 24.7 Å². The Morgan fingerprint density at radius 1 is 0.838 bits per heavy atom. The SMILES string of the molecule is C/C=C\C1CCC(C2CCC3C4CCC5C(C)C(=O)CCC56CC46CCC23C)O1.C=C.C=N.CC.CC. The molecule has 3 heteroatoms. The zero-order valence-corrected chi connectivity index (χ0v) is 25.4. The second-order valence-electron chi connectivity index (χ2n) is 12.1. The molecule has 0 aromatic heterocycles. The third-order valence-electron chi connectivity index (χ3n) is 11.7. The summed E-state index contributed by atoms with van der Waals surface area (Å²) in [5.74, 6) is 4.25. The van der Waals surface area contributed by atoms with E-state index in [0.717, 1.165) is 24.2 Å². The van der Waals surface area contributed by atoms with Gasteiger partial charge in [0.05, 0.1) is 12.2 Å². The zero-order chi connectivity index (χ0) is 28.0. The molecule has 37 heavy (non-hydrogen) atoms. The Morgan fingerprint density at radius 2 is 1.41 bits per heavy atom. The number of fused-ring (bicyclic) bond motifs is 2. The molecule has 1 heterocycles. The van der Waals surface area contributed by atoms with Crippen LogP contribution >= 0.6 is 0 Å². The van der Waals surface area contributed by atoms with Crippen molar-refractivity contribution in [2.45, 2.75) is 131 Å². The van der Waals surface area contributed by atoms with E-state index in [1.807, 2.05) is 27.7 Å². The lowest BCUT2D eigenvalue weighted by Crippen LogP contribution is -2.51. The van der Waals surface area contributed by atoms with E-state index in [9.17, 15) is 4.79 Å². The first kappa shape index (κ1) is 32.0. The molecule has 0 aromatic carbocycles. The Kier molecular flexibility index (Phi) is 11.4. The van der Waals surface area contributed by atoms with Crippen LogP contribution in [0, 0.1) is 51.2 Å². The van der Waals surface area contributed by atoms with E-state index in [-0.39, 0.29) is 0 Å². The van der Waals surface area contributed by atoms with Gasteiger partial charge in [-0.15, -0.1) is 13.2 Å². The smallest absolute Gasteiger partial charge is 0.136 e. The van der Waals surface area contributed by atoms with Gasteiger partial charge in [0.2, 0.25) is 0 Å². The number of carbonyl (C=O) groups is 1. The first-order valence-corrected chi connectivity index (χ1v) is 15.6. The Bertz CT molecular complexity index is 776. The molecule has 10 atom stereocenters. The molecular formula is C34H59NO2. The van der Waals surface area contributed by atoms with Crippen LogP contribution in [-0.2, 0) is 9.53 Å². The van der Waals surface area contributed by atoms with Crippen LogP contribution in [0.15, 0.2) is 25.3 Å². The monoisotopic (exact) mass is 513 g/mol. The highest BCUT2D eigenvalue weighted by atomic mass is 16.5. The van der Waals surface area contributed by atoms with E-state index in [0.29, 0.717) is 46.1 Å². The Labute approximate surface area is 229 Å². The van der Waals surface area contributed by atoms with Gasteiger partial charge in [-0.1, -0.05) is 53.7 Å². The third-order valence-corrected chi connectivity index (χ3v) is 11.7. The van der Waals surface area contributed by atoms with Crippen molar-refractivity contribution < 1.29 is 9.53 Å². The van der Waals surface area contributed by atoms with Crippen molar-refractivity contribution >= 4 is 12.5 Å². The van der Waals surface area contributed by atoms with Crippen LogP contribution in [0.25, 0.3) is 0 Å². The van der Waals surface area contributed by atoms with E-state index in [1.165, 1.54) is 64.2 Å². The lowest BCUT2D eigenvalue weighted by atomic mass is 9.48. The van der Waals surface area contributed by atoms with Crippen LogP contribution in [0.2, 0.25) is 0 Å². The van der Waals surface area contributed by atoms with Crippen LogP contribution in [0.4, 0.5) is 0 Å². The standard InChI is InChI=1S/C27H40O2.2C2H6.C2H4.CH3N/c1-4-5-18-6-11-24(29-18)22-10-8-20-21-9-7-19-17(2)23(28)12-13-26(19)16-27(21,26)15-14-25(20,22)3;4*1-2/h4-5,17-22,24H,6-16H2,1-3H3;2*1-2H3;1-2H2;2H,1H2/b5-4-;;;;. The number of hydrogen-bond donors (Lipinski definition) is 1. The van der Waals surface area contributed by atoms with Gasteiger partial charge in [-0.05, 0) is 118 Å². The van der Waals surface area contributed by atoms with Crippen molar-refractivity contribution in [3.05, 3.63) is 25.3 Å². The fourth-order valence-corrected chi connectivity index (χ4v) is 10.4. The van der Waals surface area contributed by atoms with Gasteiger partial charge in [0, 0.05) is 12.3 Å². The number of allylic oxidation sites excluding steroid dienone is 1. The minimum atomic E-state index is 0.337. The highest BCUT2D eigenvalue weighted by molar-refractivity contribution is 5.82. The molecule has 10 unspecified atom stereocenters. The molecule has 0 aromatic rings. The number of ether oxygens (including phenoxy) is 1. The van der Waals surface area contributed by atoms with Gasteiger partial charge in [0.15, 0.2) is 0 Å². The molecule has 0 radical (unpaired) electrons. The van der Waals surface area contributed by atoms with Gasteiger partial charge in [-0.25, -0.2) is 0 Å². The molecule has 1 aliphatic heterocycles. The first-order chi connectivity index (χ1) is 18.0. The Hall–Kier alpha value is -1.22. The van der Waals surface area contributed by atoms with E-state index in [1.54, 1.807) is 0 Å². The van der Waals surface area contributed by atoms with Gasteiger partial charge >= 0.3 is 0 Å². The zero-order valence-electron chi connectivity index (χ0n) is 25.4.